The number of aryl methyl sites for hydroxylation is 1. The lowest BCUT2D eigenvalue weighted by Gasteiger charge is -2.35. The van der Waals surface area contributed by atoms with Crippen molar-refractivity contribution < 1.29 is 32.9 Å². The second-order valence-corrected chi connectivity index (χ2v) is 9.83. The first kappa shape index (κ1) is 26.4. The van der Waals surface area contributed by atoms with E-state index in [2.05, 4.69) is 5.32 Å². The number of carbonyl (C=O) groups is 1. The molecule has 2 aromatic rings. The molecule has 1 aliphatic carbocycles. The summed E-state index contributed by atoms with van der Waals surface area (Å²) in [6.45, 7) is 4.62. The van der Waals surface area contributed by atoms with E-state index in [9.17, 15) is 18.7 Å². The summed E-state index contributed by atoms with van der Waals surface area (Å²) in [5, 5.41) is 13.2. The van der Waals surface area contributed by atoms with Crippen molar-refractivity contribution in [1.29, 1.82) is 0 Å². The van der Waals surface area contributed by atoms with Gasteiger partial charge in [0.25, 0.3) is 6.43 Å². The van der Waals surface area contributed by atoms with Crippen LogP contribution in [-0.2, 0) is 20.9 Å². The predicted molar refractivity (Wildman–Crippen MR) is 134 cm³/mol. The predicted octanol–water partition coefficient (Wildman–Crippen LogP) is 6.42. The average Bonchev–Trinajstić information content (AvgIpc) is 3.38. The van der Waals surface area contributed by atoms with Crippen LogP contribution in [0.5, 0.6) is 5.75 Å². The van der Waals surface area contributed by atoms with E-state index in [-0.39, 0.29) is 24.0 Å². The average molecular weight is 504 g/mol. The molecule has 8 heteroatoms. The second kappa shape index (κ2) is 11.1. The number of carboxylic acid groups (broad SMARTS) is 1. The van der Waals surface area contributed by atoms with Crippen molar-refractivity contribution in [3.63, 3.8) is 0 Å². The van der Waals surface area contributed by atoms with Gasteiger partial charge in [0.1, 0.15) is 11.3 Å². The van der Waals surface area contributed by atoms with Gasteiger partial charge in [-0.15, -0.1) is 0 Å². The molecule has 0 atom stereocenters. The highest BCUT2D eigenvalue weighted by Gasteiger charge is 2.40. The minimum atomic E-state index is -2.73. The zero-order valence-corrected chi connectivity index (χ0v) is 21.2. The highest BCUT2D eigenvalue weighted by molar-refractivity contribution is 5.84. The summed E-state index contributed by atoms with van der Waals surface area (Å²) in [4.78, 5) is 12.2. The topological polar surface area (TPSA) is 77.0 Å². The molecule has 2 aromatic carbocycles. The highest BCUT2D eigenvalue weighted by Crippen LogP contribution is 2.43. The third-order valence-corrected chi connectivity index (χ3v) is 7.56. The SMILES string of the molecule is COc1c(C)c(C)cc(-c2ccc(NC3(C(=O)O)CCOCC3)cc2COC2CCCC2)c1C(F)F. The molecule has 2 N–H and O–H groups in total. The van der Waals surface area contributed by atoms with Gasteiger partial charge in [-0.05, 0) is 66.6 Å². The van der Waals surface area contributed by atoms with Gasteiger partial charge in [-0.3, -0.25) is 0 Å². The summed E-state index contributed by atoms with van der Waals surface area (Å²) in [6, 6.07) is 7.14. The van der Waals surface area contributed by atoms with Crippen LogP contribution >= 0.6 is 0 Å². The minimum Gasteiger partial charge on any atom is -0.496 e. The molecular formula is C28H35F2NO5. The van der Waals surface area contributed by atoms with E-state index in [4.69, 9.17) is 14.2 Å². The van der Waals surface area contributed by atoms with Crippen LogP contribution in [-0.4, -0.2) is 43.0 Å². The number of anilines is 1. The first-order chi connectivity index (χ1) is 17.3. The van der Waals surface area contributed by atoms with Crippen LogP contribution < -0.4 is 10.1 Å². The molecule has 196 valence electrons. The Morgan fingerprint density at radius 1 is 1.17 bits per heavy atom. The Bertz CT molecular complexity index is 1090. The van der Waals surface area contributed by atoms with Crippen molar-refractivity contribution in [3.05, 3.63) is 46.5 Å². The molecule has 0 amide bonds. The molecular weight excluding hydrogens is 468 g/mol. The molecule has 1 heterocycles. The Labute approximate surface area is 210 Å². The third-order valence-electron chi connectivity index (χ3n) is 7.56. The number of methoxy groups -OCH3 is 1. The van der Waals surface area contributed by atoms with Crippen molar-refractivity contribution in [1.82, 2.24) is 0 Å². The fourth-order valence-corrected chi connectivity index (χ4v) is 5.31. The fraction of sp³-hybridized carbons (Fsp3) is 0.536. The standard InChI is InChI=1S/C28H35F2NO5/c1-17-14-23(24(26(29)30)25(34-3)18(17)2)22-9-8-20(15-19(22)16-36-21-6-4-5-7-21)31-28(27(32)33)10-12-35-13-11-28/h8-9,14-15,21,26,31H,4-7,10-13,16H2,1-3H3,(H,32,33). The maximum Gasteiger partial charge on any atom is 0.329 e. The van der Waals surface area contributed by atoms with E-state index in [0.29, 0.717) is 48.4 Å². The lowest BCUT2D eigenvalue weighted by Crippen LogP contribution is -2.50. The summed E-state index contributed by atoms with van der Waals surface area (Å²) in [5.41, 5.74) is 2.63. The number of carboxylic acids is 1. The number of halogens is 2. The Balaban J connectivity index is 1.78. The molecule has 1 saturated heterocycles. The largest absolute Gasteiger partial charge is 0.496 e. The smallest absolute Gasteiger partial charge is 0.329 e. The lowest BCUT2D eigenvalue weighted by molar-refractivity contribution is -0.145. The molecule has 2 aliphatic rings. The van der Waals surface area contributed by atoms with Gasteiger partial charge >= 0.3 is 5.97 Å². The third kappa shape index (κ3) is 5.34. The van der Waals surface area contributed by atoms with E-state index in [0.717, 1.165) is 36.8 Å². The first-order valence-corrected chi connectivity index (χ1v) is 12.6. The van der Waals surface area contributed by atoms with Crippen molar-refractivity contribution in [2.45, 2.75) is 77.0 Å². The van der Waals surface area contributed by atoms with Crippen LogP contribution in [0.3, 0.4) is 0 Å². The number of hydrogen-bond acceptors (Lipinski definition) is 5. The van der Waals surface area contributed by atoms with Gasteiger partial charge in [-0.25, -0.2) is 13.6 Å². The number of hydrogen-bond donors (Lipinski definition) is 2. The Hall–Kier alpha value is -2.71. The molecule has 0 bridgehead atoms. The number of ether oxygens (including phenoxy) is 3. The van der Waals surface area contributed by atoms with Crippen LogP contribution in [0.15, 0.2) is 24.3 Å². The number of nitrogens with one attached hydrogen (secondary N) is 1. The van der Waals surface area contributed by atoms with E-state index >= 15 is 0 Å². The number of aliphatic carboxylic acids is 1. The molecule has 6 nitrogen and oxygen atoms in total. The van der Waals surface area contributed by atoms with E-state index in [1.165, 1.54) is 7.11 Å². The Kier molecular flexibility index (Phi) is 8.15. The number of alkyl halides is 2. The van der Waals surface area contributed by atoms with E-state index in [1.54, 1.807) is 25.1 Å². The monoisotopic (exact) mass is 503 g/mol. The zero-order valence-electron chi connectivity index (χ0n) is 21.2. The van der Waals surface area contributed by atoms with Gasteiger partial charge in [0, 0.05) is 31.7 Å². The van der Waals surface area contributed by atoms with Crippen molar-refractivity contribution in [2.24, 2.45) is 0 Å². The summed E-state index contributed by atoms with van der Waals surface area (Å²) in [6.07, 6.45) is 2.28. The quantitative estimate of drug-likeness (QED) is 0.411. The molecule has 2 fully saturated rings. The van der Waals surface area contributed by atoms with Crippen molar-refractivity contribution >= 4 is 11.7 Å². The molecule has 0 unspecified atom stereocenters. The lowest BCUT2D eigenvalue weighted by atomic mass is 9.88. The summed E-state index contributed by atoms with van der Waals surface area (Å²) < 4.78 is 45.7. The summed E-state index contributed by atoms with van der Waals surface area (Å²) >= 11 is 0. The summed E-state index contributed by atoms with van der Waals surface area (Å²) in [7, 11) is 1.41. The maximum absolute atomic E-state index is 14.4. The van der Waals surface area contributed by atoms with Gasteiger partial charge in [-0.1, -0.05) is 25.0 Å². The van der Waals surface area contributed by atoms with E-state index < -0.39 is 17.9 Å². The van der Waals surface area contributed by atoms with Gasteiger partial charge in [-0.2, -0.15) is 0 Å². The zero-order chi connectivity index (χ0) is 25.9. The molecule has 36 heavy (non-hydrogen) atoms. The van der Waals surface area contributed by atoms with Crippen LogP contribution in [0, 0.1) is 13.8 Å². The van der Waals surface area contributed by atoms with E-state index in [1.807, 2.05) is 13.0 Å². The maximum atomic E-state index is 14.4. The minimum absolute atomic E-state index is 0.138. The Morgan fingerprint density at radius 3 is 2.47 bits per heavy atom. The molecule has 1 aliphatic heterocycles. The highest BCUT2D eigenvalue weighted by atomic mass is 19.3. The molecule has 4 rings (SSSR count). The van der Waals surface area contributed by atoms with Crippen molar-refractivity contribution in [2.75, 3.05) is 25.6 Å². The molecule has 0 spiro atoms. The number of rotatable bonds is 9. The van der Waals surface area contributed by atoms with Crippen LogP contribution in [0.2, 0.25) is 0 Å². The van der Waals surface area contributed by atoms with Gasteiger partial charge < -0.3 is 24.6 Å². The van der Waals surface area contributed by atoms with Crippen LogP contribution in [0.4, 0.5) is 14.5 Å². The second-order valence-electron chi connectivity index (χ2n) is 9.83. The van der Waals surface area contributed by atoms with Crippen LogP contribution in [0.1, 0.15) is 67.2 Å². The molecule has 1 saturated carbocycles. The summed E-state index contributed by atoms with van der Waals surface area (Å²) in [5.74, 6) is -0.741. The first-order valence-electron chi connectivity index (χ1n) is 12.6. The van der Waals surface area contributed by atoms with Crippen LogP contribution in [0.25, 0.3) is 11.1 Å². The fourth-order valence-electron chi connectivity index (χ4n) is 5.31. The number of benzene rings is 2. The van der Waals surface area contributed by atoms with Gasteiger partial charge in [0.15, 0.2) is 0 Å². The Morgan fingerprint density at radius 2 is 1.86 bits per heavy atom. The van der Waals surface area contributed by atoms with Gasteiger partial charge in [0.2, 0.25) is 0 Å². The van der Waals surface area contributed by atoms with Crippen molar-refractivity contribution in [3.8, 4) is 16.9 Å². The molecule has 0 radical (unpaired) electrons. The molecule has 0 aromatic heterocycles. The normalized spacial score (nSPS) is 17.9. The van der Waals surface area contributed by atoms with Gasteiger partial charge in [0.05, 0.1) is 25.4 Å².